The van der Waals surface area contributed by atoms with E-state index in [1.807, 2.05) is 6.07 Å². The van der Waals surface area contributed by atoms with Crippen LogP contribution in [0.2, 0.25) is 0 Å². The number of rotatable bonds is 3. The van der Waals surface area contributed by atoms with Gasteiger partial charge in [0.2, 0.25) is 0 Å². The number of likely N-dealkylation sites (N-methyl/N-ethyl adjacent to an activating group) is 1. The van der Waals surface area contributed by atoms with Gasteiger partial charge >= 0.3 is 0 Å². The van der Waals surface area contributed by atoms with Crippen molar-refractivity contribution in [2.45, 2.75) is 24.8 Å². The number of fused-ring (bicyclic) bond motifs is 1. The molecule has 1 unspecified atom stereocenters. The zero-order valence-electron chi connectivity index (χ0n) is 14.6. The zero-order valence-corrected chi connectivity index (χ0v) is 14.6. The van der Waals surface area contributed by atoms with Crippen LogP contribution in [0.25, 0.3) is 22.4 Å². The first-order valence-electron chi connectivity index (χ1n) is 9.04. The molecule has 0 amide bonds. The summed E-state index contributed by atoms with van der Waals surface area (Å²) in [7, 11) is 2.06. The van der Waals surface area contributed by atoms with Gasteiger partial charge in [0.25, 0.3) is 5.89 Å². The van der Waals surface area contributed by atoms with E-state index in [2.05, 4.69) is 27.4 Å². The normalized spacial score (nSPS) is 21.4. The molecular weight excluding hydrogens is 333 g/mol. The predicted octanol–water partition coefficient (Wildman–Crippen LogP) is 2.88. The van der Waals surface area contributed by atoms with Gasteiger partial charge in [0.1, 0.15) is 5.82 Å². The molecule has 3 heterocycles. The third-order valence-electron chi connectivity index (χ3n) is 5.27. The molecule has 1 aromatic carbocycles. The van der Waals surface area contributed by atoms with Crippen molar-refractivity contribution in [1.82, 2.24) is 25.3 Å². The minimum Gasteiger partial charge on any atom is -0.334 e. The fourth-order valence-electron chi connectivity index (χ4n) is 3.56. The summed E-state index contributed by atoms with van der Waals surface area (Å²) in [4.78, 5) is 11.6. The highest BCUT2D eigenvalue weighted by molar-refractivity contribution is 5.92. The molecule has 1 atom stereocenters. The Morgan fingerprint density at radius 2 is 2.12 bits per heavy atom. The highest BCUT2D eigenvalue weighted by Crippen LogP contribution is 2.41. The first kappa shape index (κ1) is 15.8. The van der Waals surface area contributed by atoms with Gasteiger partial charge in [0.15, 0.2) is 5.82 Å². The van der Waals surface area contributed by atoms with E-state index in [-0.39, 0.29) is 11.9 Å². The molecule has 0 spiro atoms. The lowest BCUT2D eigenvalue weighted by atomic mass is 10.1. The fraction of sp³-hybridized carbons (Fsp3) is 0.421. The Balaban J connectivity index is 1.61. The maximum Gasteiger partial charge on any atom is 0.258 e. The molecule has 5 rings (SSSR count). The standard InChI is InChI=1S/C19H20FN5O/c1-25-7-6-21-10-17(25)18-23-19(26-24-18)14-9-16(11-2-3-11)22-15-5-4-12(20)8-13(14)15/h4-5,8-9,11,17,21H,2-3,6-7,10H2,1H3. The van der Waals surface area contributed by atoms with Gasteiger partial charge in [-0.05, 0) is 44.2 Å². The molecule has 6 nitrogen and oxygen atoms in total. The minimum absolute atomic E-state index is 0.0778. The number of pyridine rings is 1. The predicted molar refractivity (Wildman–Crippen MR) is 95.2 cm³/mol. The van der Waals surface area contributed by atoms with Crippen LogP contribution < -0.4 is 5.32 Å². The van der Waals surface area contributed by atoms with Crippen molar-refractivity contribution in [3.05, 3.63) is 41.6 Å². The SMILES string of the molecule is CN1CCNCC1c1noc(-c2cc(C3CC3)nc3ccc(F)cc23)n1. The van der Waals surface area contributed by atoms with Crippen molar-refractivity contribution < 1.29 is 8.91 Å². The summed E-state index contributed by atoms with van der Waals surface area (Å²) in [5.74, 6) is 1.28. The Kier molecular flexibility index (Phi) is 3.72. The van der Waals surface area contributed by atoms with Crippen LogP contribution in [0.1, 0.15) is 36.3 Å². The second-order valence-electron chi connectivity index (χ2n) is 7.19. The number of piperazine rings is 1. The zero-order chi connectivity index (χ0) is 17.7. The maximum atomic E-state index is 13.8. The summed E-state index contributed by atoms with van der Waals surface area (Å²) >= 11 is 0. The van der Waals surface area contributed by atoms with E-state index in [4.69, 9.17) is 9.51 Å². The number of benzene rings is 1. The summed E-state index contributed by atoms with van der Waals surface area (Å²) in [6, 6.07) is 6.72. The summed E-state index contributed by atoms with van der Waals surface area (Å²) in [5, 5.41) is 8.27. The van der Waals surface area contributed by atoms with Crippen molar-refractivity contribution in [2.75, 3.05) is 26.7 Å². The third-order valence-corrected chi connectivity index (χ3v) is 5.27. The second-order valence-corrected chi connectivity index (χ2v) is 7.19. The molecule has 0 bridgehead atoms. The van der Waals surface area contributed by atoms with Crippen LogP contribution in [0.15, 0.2) is 28.8 Å². The van der Waals surface area contributed by atoms with Crippen molar-refractivity contribution in [3.8, 4) is 11.5 Å². The first-order chi connectivity index (χ1) is 12.7. The lowest BCUT2D eigenvalue weighted by Crippen LogP contribution is -2.44. The van der Waals surface area contributed by atoms with Crippen LogP contribution in [0.5, 0.6) is 0 Å². The van der Waals surface area contributed by atoms with Crippen LogP contribution in [-0.4, -0.2) is 46.7 Å². The van der Waals surface area contributed by atoms with E-state index in [9.17, 15) is 4.39 Å². The lowest BCUT2D eigenvalue weighted by molar-refractivity contribution is 0.190. The van der Waals surface area contributed by atoms with E-state index in [1.54, 1.807) is 6.07 Å². The summed E-state index contributed by atoms with van der Waals surface area (Å²) in [6.45, 7) is 2.68. The molecule has 1 saturated heterocycles. The highest BCUT2D eigenvalue weighted by atomic mass is 19.1. The molecule has 26 heavy (non-hydrogen) atoms. The van der Waals surface area contributed by atoms with E-state index in [0.717, 1.165) is 49.2 Å². The molecule has 1 N–H and O–H groups in total. The number of hydrogen-bond donors (Lipinski definition) is 1. The lowest BCUT2D eigenvalue weighted by Gasteiger charge is -2.30. The van der Waals surface area contributed by atoms with Gasteiger partial charge in [-0.3, -0.25) is 9.88 Å². The maximum absolute atomic E-state index is 13.8. The van der Waals surface area contributed by atoms with Gasteiger partial charge in [0, 0.05) is 36.6 Å². The summed E-state index contributed by atoms with van der Waals surface area (Å²) < 4.78 is 19.4. The summed E-state index contributed by atoms with van der Waals surface area (Å²) in [6.07, 6.45) is 2.29. The van der Waals surface area contributed by atoms with E-state index >= 15 is 0 Å². The van der Waals surface area contributed by atoms with Crippen LogP contribution in [0.3, 0.4) is 0 Å². The molecule has 1 aliphatic carbocycles. The van der Waals surface area contributed by atoms with Gasteiger partial charge in [-0.15, -0.1) is 0 Å². The van der Waals surface area contributed by atoms with Gasteiger partial charge in [-0.1, -0.05) is 5.16 Å². The molecule has 3 aromatic rings. The smallest absolute Gasteiger partial charge is 0.258 e. The molecule has 1 aliphatic heterocycles. The fourth-order valence-corrected chi connectivity index (χ4v) is 3.56. The van der Waals surface area contributed by atoms with Crippen molar-refractivity contribution in [1.29, 1.82) is 0 Å². The Morgan fingerprint density at radius 3 is 2.92 bits per heavy atom. The quantitative estimate of drug-likeness (QED) is 0.781. The van der Waals surface area contributed by atoms with Gasteiger partial charge in [-0.25, -0.2) is 4.39 Å². The monoisotopic (exact) mass is 353 g/mol. The molecule has 7 heteroatoms. The second kappa shape index (κ2) is 6.10. The molecule has 2 aromatic heterocycles. The largest absolute Gasteiger partial charge is 0.334 e. The van der Waals surface area contributed by atoms with Crippen molar-refractivity contribution in [2.24, 2.45) is 0 Å². The molecule has 134 valence electrons. The van der Waals surface area contributed by atoms with Gasteiger partial charge < -0.3 is 9.84 Å². The Labute approximate surface area is 150 Å². The molecule has 0 radical (unpaired) electrons. The number of halogens is 1. The van der Waals surface area contributed by atoms with E-state index in [1.165, 1.54) is 12.1 Å². The van der Waals surface area contributed by atoms with E-state index < -0.39 is 0 Å². The number of nitrogens with one attached hydrogen (secondary N) is 1. The first-order valence-corrected chi connectivity index (χ1v) is 9.04. The summed E-state index contributed by atoms with van der Waals surface area (Å²) in [5.41, 5.74) is 2.55. The average Bonchev–Trinajstić information content (AvgIpc) is 3.39. The average molecular weight is 353 g/mol. The van der Waals surface area contributed by atoms with Crippen molar-refractivity contribution >= 4 is 10.9 Å². The number of aromatic nitrogens is 3. The topological polar surface area (TPSA) is 67.1 Å². The molecular formula is C19H20FN5O. The van der Waals surface area contributed by atoms with Crippen LogP contribution in [0, 0.1) is 5.82 Å². The molecule has 2 fully saturated rings. The minimum atomic E-state index is -0.296. The molecule has 2 aliphatic rings. The Morgan fingerprint density at radius 1 is 1.23 bits per heavy atom. The van der Waals surface area contributed by atoms with Gasteiger partial charge in [0.05, 0.1) is 17.1 Å². The van der Waals surface area contributed by atoms with Crippen LogP contribution >= 0.6 is 0 Å². The third kappa shape index (κ3) is 2.77. The highest BCUT2D eigenvalue weighted by Gasteiger charge is 2.29. The van der Waals surface area contributed by atoms with Crippen molar-refractivity contribution in [3.63, 3.8) is 0 Å². The molecule has 1 saturated carbocycles. The number of nitrogens with zero attached hydrogens (tertiary/aromatic N) is 4. The van der Waals surface area contributed by atoms with Crippen LogP contribution in [-0.2, 0) is 0 Å². The van der Waals surface area contributed by atoms with E-state index in [0.29, 0.717) is 23.0 Å². The Bertz CT molecular complexity index is 968. The van der Waals surface area contributed by atoms with Crippen LogP contribution in [0.4, 0.5) is 4.39 Å². The number of hydrogen-bond acceptors (Lipinski definition) is 6. The van der Waals surface area contributed by atoms with Gasteiger partial charge in [-0.2, -0.15) is 4.98 Å². The Hall–Kier alpha value is -2.38.